The van der Waals surface area contributed by atoms with Gasteiger partial charge in [0.15, 0.2) is 0 Å². The minimum absolute atomic E-state index is 0.350. The standard InChI is InChI=1S/C10H11NO2/c12-10(13)8-3-1-7(2-4-8)9-5-6-11-9/h1-4,9,11H,5-6H2,(H,12,13). The van der Waals surface area contributed by atoms with Crippen LogP contribution in [0.4, 0.5) is 0 Å². The minimum atomic E-state index is -0.867. The van der Waals surface area contributed by atoms with Crippen LogP contribution in [0.15, 0.2) is 24.3 Å². The van der Waals surface area contributed by atoms with E-state index in [1.165, 1.54) is 5.56 Å². The second-order valence-electron chi connectivity index (χ2n) is 3.22. The lowest BCUT2D eigenvalue weighted by Gasteiger charge is -2.27. The van der Waals surface area contributed by atoms with Crippen LogP contribution in [0.3, 0.4) is 0 Å². The van der Waals surface area contributed by atoms with Gasteiger partial charge in [0.2, 0.25) is 0 Å². The number of hydrogen-bond acceptors (Lipinski definition) is 2. The fourth-order valence-corrected chi connectivity index (χ4v) is 1.43. The highest BCUT2D eigenvalue weighted by Gasteiger charge is 2.18. The van der Waals surface area contributed by atoms with Gasteiger partial charge in [-0.1, -0.05) is 12.1 Å². The summed E-state index contributed by atoms with van der Waals surface area (Å²) in [5.41, 5.74) is 1.53. The van der Waals surface area contributed by atoms with Crippen LogP contribution in [-0.4, -0.2) is 17.6 Å². The molecule has 3 nitrogen and oxygen atoms in total. The van der Waals surface area contributed by atoms with Gasteiger partial charge in [0, 0.05) is 6.04 Å². The predicted molar refractivity (Wildman–Crippen MR) is 48.8 cm³/mol. The third-order valence-electron chi connectivity index (χ3n) is 2.38. The van der Waals surface area contributed by atoms with Gasteiger partial charge in [-0.05, 0) is 30.7 Å². The first-order valence-electron chi connectivity index (χ1n) is 4.34. The number of hydrogen-bond donors (Lipinski definition) is 2. The van der Waals surface area contributed by atoms with Gasteiger partial charge in [0.1, 0.15) is 0 Å². The van der Waals surface area contributed by atoms with E-state index < -0.39 is 5.97 Å². The Morgan fingerprint density at radius 3 is 2.38 bits per heavy atom. The van der Waals surface area contributed by atoms with E-state index in [-0.39, 0.29) is 0 Å². The molecule has 1 fully saturated rings. The summed E-state index contributed by atoms with van der Waals surface area (Å²) in [4.78, 5) is 10.5. The summed E-state index contributed by atoms with van der Waals surface area (Å²) in [7, 11) is 0. The predicted octanol–water partition coefficient (Wildman–Crippen LogP) is 1.42. The van der Waals surface area contributed by atoms with Crippen LogP contribution in [0.5, 0.6) is 0 Å². The highest BCUT2D eigenvalue weighted by Crippen LogP contribution is 2.22. The fourth-order valence-electron chi connectivity index (χ4n) is 1.43. The van der Waals surface area contributed by atoms with Crippen molar-refractivity contribution >= 4 is 5.97 Å². The Balaban J connectivity index is 2.17. The van der Waals surface area contributed by atoms with Gasteiger partial charge in [0.05, 0.1) is 5.56 Å². The van der Waals surface area contributed by atoms with E-state index in [0.717, 1.165) is 13.0 Å². The van der Waals surface area contributed by atoms with Gasteiger partial charge in [-0.25, -0.2) is 4.79 Å². The van der Waals surface area contributed by atoms with Crippen molar-refractivity contribution in [3.8, 4) is 0 Å². The molecule has 0 amide bonds. The van der Waals surface area contributed by atoms with Gasteiger partial charge in [-0.2, -0.15) is 0 Å². The molecule has 1 aromatic rings. The second-order valence-corrected chi connectivity index (χ2v) is 3.22. The molecule has 1 aliphatic rings. The molecule has 0 radical (unpaired) electrons. The number of rotatable bonds is 2. The lowest BCUT2D eigenvalue weighted by molar-refractivity contribution is 0.0697. The zero-order chi connectivity index (χ0) is 9.26. The van der Waals surface area contributed by atoms with E-state index in [2.05, 4.69) is 5.32 Å². The second kappa shape index (κ2) is 3.18. The Bertz CT molecular complexity index is 314. The Hall–Kier alpha value is -1.35. The summed E-state index contributed by atoms with van der Waals surface area (Å²) in [5.74, 6) is -0.867. The molecule has 2 rings (SSSR count). The van der Waals surface area contributed by atoms with Crippen molar-refractivity contribution in [2.24, 2.45) is 0 Å². The molecule has 2 N–H and O–H groups in total. The smallest absolute Gasteiger partial charge is 0.335 e. The lowest BCUT2D eigenvalue weighted by Crippen LogP contribution is -2.34. The maximum Gasteiger partial charge on any atom is 0.335 e. The van der Waals surface area contributed by atoms with E-state index in [1.807, 2.05) is 12.1 Å². The number of carboxylic acids is 1. The average molecular weight is 177 g/mol. The summed E-state index contributed by atoms with van der Waals surface area (Å²) in [6, 6.07) is 7.48. The molecule has 1 saturated heterocycles. The molecule has 1 aromatic carbocycles. The van der Waals surface area contributed by atoms with E-state index in [4.69, 9.17) is 5.11 Å². The Labute approximate surface area is 76.4 Å². The summed E-state index contributed by atoms with van der Waals surface area (Å²) >= 11 is 0. The molecular formula is C10H11NO2. The van der Waals surface area contributed by atoms with Crippen LogP contribution in [0.2, 0.25) is 0 Å². The fraction of sp³-hybridized carbons (Fsp3) is 0.300. The van der Waals surface area contributed by atoms with Crippen molar-refractivity contribution in [3.05, 3.63) is 35.4 Å². The molecular weight excluding hydrogens is 166 g/mol. The van der Waals surface area contributed by atoms with Crippen molar-refractivity contribution in [2.75, 3.05) is 6.54 Å². The Morgan fingerprint density at radius 1 is 1.38 bits per heavy atom. The van der Waals surface area contributed by atoms with Crippen molar-refractivity contribution in [2.45, 2.75) is 12.5 Å². The lowest BCUT2D eigenvalue weighted by atomic mass is 9.97. The van der Waals surface area contributed by atoms with Crippen LogP contribution >= 0.6 is 0 Å². The van der Waals surface area contributed by atoms with E-state index in [1.54, 1.807) is 12.1 Å². The summed E-state index contributed by atoms with van der Waals surface area (Å²) < 4.78 is 0. The Morgan fingerprint density at radius 2 is 2.00 bits per heavy atom. The van der Waals surface area contributed by atoms with E-state index in [0.29, 0.717) is 11.6 Å². The van der Waals surface area contributed by atoms with Crippen molar-refractivity contribution in [1.29, 1.82) is 0 Å². The van der Waals surface area contributed by atoms with Crippen LogP contribution in [0, 0.1) is 0 Å². The molecule has 0 bridgehead atoms. The SMILES string of the molecule is O=C(O)c1ccc(C2CCN2)cc1. The highest BCUT2D eigenvalue weighted by molar-refractivity contribution is 5.87. The van der Waals surface area contributed by atoms with E-state index in [9.17, 15) is 4.79 Å². The number of benzene rings is 1. The van der Waals surface area contributed by atoms with Gasteiger partial charge >= 0.3 is 5.97 Å². The van der Waals surface area contributed by atoms with Crippen LogP contribution in [-0.2, 0) is 0 Å². The summed E-state index contributed by atoms with van der Waals surface area (Å²) in [6.07, 6.45) is 1.15. The average Bonchev–Trinajstić information content (AvgIpc) is 2.02. The molecule has 1 aliphatic heterocycles. The van der Waals surface area contributed by atoms with Crippen molar-refractivity contribution in [3.63, 3.8) is 0 Å². The van der Waals surface area contributed by atoms with Crippen LogP contribution in [0.25, 0.3) is 0 Å². The molecule has 0 saturated carbocycles. The van der Waals surface area contributed by atoms with Gasteiger partial charge in [0.25, 0.3) is 0 Å². The zero-order valence-corrected chi connectivity index (χ0v) is 7.16. The Kier molecular flexibility index (Phi) is 2.02. The van der Waals surface area contributed by atoms with Crippen molar-refractivity contribution in [1.82, 2.24) is 5.32 Å². The molecule has 3 heteroatoms. The normalized spacial score (nSPS) is 20.8. The zero-order valence-electron chi connectivity index (χ0n) is 7.16. The third-order valence-corrected chi connectivity index (χ3v) is 2.38. The maximum absolute atomic E-state index is 10.5. The largest absolute Gasteiger partial charge is 0.478 e. The van der Waals surface area contributed by atoms with Crippen LogP contribution < -0.4 is 5.32 Å². The number of carbonyl (C=O) groups is 1. The monoisotopic (exact) mass is 177 g/mol. The van der Waals surface area contributed by atoms with Gasteiger partial charge < -0.3 is 10.4 Å². The molecule has 1 unspecified atom stereocenters. The van der Waals surface area contributed by atoms with Gasteiger partial charge in [-0.3, -0.25) is 0 Å². The quantitative estimate of drug-likeness (QED) is 0.718. The van der Waals surface area contributed by atoms with Crippen LogP contribution in [0.1, 0.15) is 28.4 Å². The third kappa shape index (κ3) is 1.55. The van der Waals surface area contributed by atoms with E-state index >= 15 is 0 Å². The molecule has 0 spiro atoms. The number of nitrogens with one attached hydrogen (secondary N) is 1. The number of carboxylic acid groups (broad SMARTS) is 1. The maximum atomic E-state index is 10.5. The molecule has 0 aromatic heterocycles. The molecule has 0 aliphatic carbocycles. The molecule has 1 heterocycles. The highest BCUT2D eigenvalue weighted by atomic mass is 16.4. The molecule has 1 atom stereocenters. The minimum Gasteiger partial charge on any atom is -0.478 e. The summed E-state index contributed by atoms with van der Waals surface area (Å²) in [6.45, 7) is 1.06. The topological polar surface area (TPSA) is 49.3 Å². The summed E-state index contributed by atoms with van der Waals surface area (Å²) in [5, 5.41) is 11.9. The van der Waals surface area contributed by atoms with Crippen molar-refractivity contribution < 1.29 is 9.90 Å². The first kappa shape index (κ1) is 8.26. The molecule has 13 heavy (non-hydrogen) atoms. The molecule has 68 valence electrons. The first-order chi connectivity index (χ1) is 6.27. The van der Waals surface area contributed by atoms with Gasteiger partial charge in [-0.15, -0.1) is 0 Å². The number of aromatic carboxylic acids is 1. The first-order valence-corrected chi connectivity index (χ1v) is 4.34.